The highest BCUT2D eigenvalue weighted by Gasteiger charge is 2.19. The SMILES string of the molecule is CCc1noc(C(C)Sc2nnnn2-c2ccc(Cl)cc2)n1. The van der Waals surface area contributed by atoms with E-state index in [4.69, 9.17) is 16.1 Å². The Bertz CT molecular complexity index is 756. The fourth-order valence-corrected chi connectivity index (χ4v) is 2.75. The van der Waals surface area contributed by atoms with Crippen molar-refractivity contribution in [1.82, 2.24) is 30.3 Å². The molecule has 1 unspecified atom stereocenters. The van der Waals surface area contributed by atoms with Gasteiger partial charge in [-0.25, -0.2) is 0 Å². The first-order chi connectivity index (χ1) is 10.7. The van der Waals surface area contributed by atoms with Gasteiger partial charge in [0, 0.05) is 11.4 Å². The lowest BCUT2D eigenvalue weighted by atomic mass is 10.3. The maximum atomic E-state index is 5.90. The van der Waals surface area contributed by atoms with Gasteiger partial charge in [0.2, 0.25) is 11.0 Å². The number of rotatable bonds is 5. The molecule has 1 aromatic carbocycles. The van der Waals surface area contributed by atoms with Gasteiger partial charge in [0.1, 0.15) is 0 Å². The Morgan fingerprint density at radius 3 is 2.77 bits per heavy atom. The summed E-state index contributed by atoms with van der Waals surface area (Å²) in [6.45, 7) is 3.95. The number of tetrazole rings is 1. The van der Waals surface area contributed by atoms with E-state index >= 15 is 0 Å². The first-order valence-electron chi connectivity index (χ1n) is 6.71. The number of hydrogen-bond donors (Lipinski definition) is 0. The van der Waals surface area contributed by atoms with E-state index in [0.717, 1.165) is 12.1 Å². The van der Waals surface area contributed by atoms with E-state index in [9.17, 15) is 0 Å². The van der Waals surface area contributed by atoms with E-state index in [1.54, 1.807) is 16.8 Å². The molecule has 2 aromatic heterocycles. The molecule has 3 rings (SSSR count). The largest absolute Gasteiger partial charge is 0.338 e. The van der Waals surface area contributed by atoms with Crippen LogP contribution < -0.4 is 0 Å². The molecular weight excluding hydrogens is 324 g/mol. The summed E-state index contributed by atoms with van der Waals surface area (Å²) in [6, 6.07) is 7.30. The maximum Gasteiger partial charge on any atom is 0.239 e. The average molecular weight is 337 g/mol. The molecule has 0 saturated heterocycles. The molecule has 0 amide bonds. The third-order valence-corrected chi connectivity index (χ3v) is 4.21. The highest BCUT2D eigenvalue weighted by atomic mass is 35.5. The minimum absolute atomic E-state index is 0.0511. The van der Waals surface area contributed by atoms with Crippen LogP contribution in [-0.2, 0) is 6.42 Å². The molecule has 0 saturated carbocycles. The molecule has 0 N–H and O–H groups in total. The Labute approximate surface area is 136 Å². The number of benzene rings is 1. The van der Waals surface area contributed by atoms with Crippen molar-refractivity contribution in [2.45, 2.75) is 30.7 Å². The molecule has 0 radical (unpaired) electrons. The van der Waals surface area contributed by atoms with E-state index in [0.29, 0.717) is 21.9 Å². The zero-order valence-electron chi connectivity index (χ0n) is 12.0. The molecule has 0 fully saturated rings. The Kier molecular flexibility index (Phi) is 4.39. The van der Waals surface area contributed by atoms with Crippen molar-refractivity contribution in [2.75, 3.05) is 0 Å². The monoisotopic (exact) mass is 336 g/mol. The Morgan fingerprint density at radius 1 is 1.32 bits per heavy atom. The van der Waals surface area contributed by atoms with E-state index in [1.165, 1.54) is 11.8 Å². The van der Waals surface area contributed by atoms with Crippen LogP contribution >= 0.6 is 23.4 Å². The molecule has 0 aliphatic carbocycles. The molecular formula is C13H13ClN6OS. The van der Waals surface area contributed by atoms with Crippen LogP contribution in [0.15, 0.2) is 33.9 Å². The smallest absolute Gasteiger partial charge is 0.239 e. The molecule has 0 aliphatic heterocycles. The third kappa shape index (κ3) is 3.12. The summed E-state index contributed by atoms with van der Waals surface area (Å²) in [7, 11) is 0. The molecule has 7 nitrogen and oxygen atoms in total. The number of thioether (sulfide) groups is 1. The highest BCUT2D eigenvalue weighted by molar-refractivity contribution is 7.99. The summed E-state index contributed by atoms with van der Waals surface area (Å²) in [5.74, 6) is 1.26. The summed E-state index contributed by atoms with van der Waals surface area (Å²) in [5.41, 5.74) is 0.837. The van der Waals surface area contributed by atoms with Crippen LogP contribution in [0.3, 0.4) is 0 Å². The first-order valence-corrected chi connectivity index (χ1v) is 7.96. The quantitative estimate of drug-likeness (QED) is 0.662. The van der Waals surface area contributed by atoms with Gasteiger partial charge in [-0.15, -0.1) is 5.10 Å². The van der Waals surface area contributed by atoms with E-state index in [-0.39, 0.29) is 5.25 Å². The minimum Gasteiger partial charge on any atom is -0.338 e. The zero-order valence-corrected chi connectivity index (χ0v) is 13.5. The first kappa shape index (κ1) is 15.0. The fourth-order valence-electron chi connectivity index (χ4n) is 1.78. The predicted octanol–water partition coefficient (Wildman–Crippen LogP) is 3.11. The van der Waals surface area contributed by atoms with Gasteiger partial charge in [0.15, 0.2) is 5.82 Å². The number of nitrogens with zero attached hydrogens (tertiary/aromatic N) is 6. The van der Waals surface area contributed by atoms with Crippen molar-refractivity contribution < 1.29 is 4.52 Å². The van der Waals surface area contributed by atoms with E-state index in [1.807, 2.05) is 26.0 Å². The van der Waals surface area contributed by atoms with Crippen molar-refractivity contribution in [3.05, 3.63) is 41.0 Å². The van der Waals surface area contributed by atoms with Crippen LogP contribution in [0.5, 0.6) is 0 Å². The van der Waals surface area contributed by atoms with E-state index < -0.39 is 0 Å². The third-order valence-electron chi connectivity index (χ3n) is 2.94. The van der Waals surface area contributed by atoms with Crippen LogP contribution in [0.25, 0.3) is 5.69 Å². The van der Waals surface area contributed by atoms with Crippen molar-refractivity contribution in [3.63, 3.8) is 0 Å². The summed E-state index contributed by atoms with van der Waals surface area (Å²) in [4.78, 5) is 4.33. The number of hydrogen-bond acceptors (Lipinski definition) is 7. The molecule has 9 heteroatoms. The molecule has 1 atom stereocenters. The van der Waals surface area contributed by atoms with Crippen molar-refractivity contribution in [3.8, 4) is 5.69 Å². The van der Waals surface area contributed by atoms with E-state index in [2.05, 4.69) is 25.7 Å². The second kappa shape index (κ2) is 6.45. The van der Waals surface area contributed by atoms with Crippen LogP contribution in [0.1, 0.15) is 30.8 Å². The average Bonchev–Trinajstić information content (AvgIpc) is 3.17. The van der Waals surface area contributed by atoms with Gasteiger partial charge in [-0.1, -0.05) is 35.4 Å². The normalized spacial score (nSPS) is 12.5. The molecule has 0 spiro atoms. The maximum absolute atomic E-state index is 5.90. The minimum atomic E-state index is -0.0511. The molecule has 0 aliphatic rings. The van der Waals surface area contributed by atoms with Crippen molar-refractivity contribution in [2.24, 2.45) is 0 Å². The van der Waals surface area contributed by atoms with Gasteiger partial charge in [-0.3, -0.25) is 0 Å². The molecule has 2 heterocycles. The number of aryl methyl sites for hydroxylation is 1. The van der Waals surface area contributed by atoms with Crippen LogP contribution in [0, 0.1) is 0 Å². The number of halogens is 1. The van der Waals surface area contributed by atoms with Crippen LogP contribution in [-0.4, -0.2) is 30.3 Å². The molecule has 0 bridgehead atoms. The number of aromatic nitrogens is 6. The summed E-state index contributed by atoms with van der Waals surface area (Å²) >= 11 is 7.35. The molecule has 114 valence electrons. The standard InChI is InChI=1S/C13H13ClN6OS/c1-3-11-15-12(21-17-11)8(2)22-13-16-18-19-20(13)10-6-4-9(14)5-7-10/h4-8H,3H2,1-2H3. The van der Waals surface area contributed by atoms with Crippen molar-refractivity contribution >= 4 is 23.4 Å². The molecule has 22 heavy (non-hydrogen) atoms. The van der Waals surface area contributed by atoms with Crippen LogP contribution in [0.2, 0.25) is 5.02 Å². The lowest BCUT2D eigenvalue weighted by Crippen LogP contribution is -2.00. The lowest BCUT2D eigenvalue weighted by molar-refractivity contribution is 0.375. The summed E-state index contributed by atoms with van der Waals surface area (Å²) < 4.78 is 6.90. The van der Waals surface area contributed by atoms with Crippen LogP contribution in [0.4, 0.5) is 0 Å². The fraction of sp³-hybridized carbons (Fsp3) is 0.308. The summed E-state index contributed by atoms with van der Waals surface area (Å²) in [6.07, 6.45) is 0.739. The summed E-state index contributed by atoms with van der Waals surface area (Å²) in [5, 5.41) is 17.0. The Hall–Kier alpha value is -1.93. The van der Waals surface area contributed by atoms with Gasteiger partial charge in [-0.05, 0) is 41.6 Å². The topological polar surface area (TPSA) is 82.5 Å². The van der Waals surface area contributed by atoms with Crippen molar-refractivity contribution in [1.29, 1.82) is 0 Å². The lowest BCUT2D eigenvalue weighted by Gasteiger charge is -2.07. The second-order valence-corrected chi connectivity index (χ2v) is 6.26. The zero-order chi connectivity index (χ0) is 15.5. The molecule has 3 aromatic rings. The predicted molar refractivity (Wildman–Crippen MR) is 82.1 cm³/mol. The Morgan fingerprint density at radius 2 is 2.09 bits per heavy atom. The highest BCUT2D eigenvalue weighted by Crippen LogP contribution is 2.33. The van der Waals surface area contributed by atoms with Gasteiger partial charge in [-0.2, -0.15) is 9.67 Å². The van der Waals surface area contributed by atoms with Gasteiger partial charge in [0.05, 0.1) is 10.9 Å². The van der Waals surface area contributed by atoms with Gasteiger partial charge < -0.3 is 4.52 Å². The second-order valence-electron chi connectivity index (χ2n) is 4.51. The van der Waals surface area contributed by atoms with Gasteiger partial charge >= 0.3 is 0 Å². The van der Waals surface area contributed by atoms with Gasteiger partial charge in [0.25, 0.3) is 0 Å². The Balaban J connectivity index is 1.81.